The van der Waals surface area contributed by atoms with E-state index in [0.29, 0.717) is 20.5 Å². The Morgan fingerprint density at radius 2 is 1.96 bits per heavy atom. The van der Waals surface area contributed by atoms with E-state index in [-0.39, 0.29) is 18.6 Å². The van der Waals surface area contributed by atoms with Gasteiger partial charge in [0.1, 0.15) is 6.07 Å². The molecule has 1 aromatic carbocycles. The molecule has 0 saturated carbocycles. The van der Waals surface area contributed by atoms with Crippen LogP contribution in [0.2, 0.25) is 4.34 Å². The fourth-order valence-corrected chi connectivity index (χ4v) is 3.05. The van der Waals surface area contributed by atoms with Crippen LogP contribution in [0.5, 0.6) is 0 Å². The normalized spacial score (nSPS) is 11.3. The van der Waals surface area contributed by atoms with Gasteiger partial charge in [0, 0.05) is 6.42 Å². The van der Waals surface area contributed by atoms with E-state index in [2.05, 4.69) is 5.32 Å². The topological polar surface area (TPSA) is 96.3 Å². The van der Waals surface area contributed by atoms with E-state index in [1.807, 2.05) is 6.07 Å². The van der Waals surface area contributed by atoms with E-state index in [1.54, 1.807) is 36.4 Å². The molecular weight excluding hydrogens is 376 g/mol. The first kappa shape index (κ1) is 19.6. The van der Waals surface area contributed by atoms with E-state index in [1.165, 1.54) is 6.92 Å². The highest BCUT2D eigenvalue weighted by molar-refractivity contribution is 7.18. The van der Waals surface area contributed by atoms with Crippen LogP contribution in [0.1, 0.15) is 35.0 Å². The summed E-state index contributed by atoms with van der Waals surface area (Å²) in [6, 6.07) is 11.7. The van der Waals surface area contributed by atoms with Gasteiger partial charge in [-0.25, -0.2) is 0 Å². The zero-order chi connectivity index (χ0) is 19.1. The standard InChI is InChI=1S/C18H15ClN2O4S/c1-11(18(24)21-13-5-3-2-4-12(13)10-20)25-17(23)9-6-14(22)15-7-8-16(19)26-15/h2-5,7-8,11H,6,9H2,1H3,(H,21,24)/t11-/m0/s1. The van der Waals surface area contributed by atoms with Gasteiger partial charge in [0.2, 0.25) is 0 Å². The fraction of sp³-hybridized carbons (Fsp3) is 0.222. The molecule has 134 valence electrons. The summed E-state index contributed by atoms with van der Waals surface area (Å²) < 4.78 is 5.54. The smallest absolute Gasteiger partial charge is 0.307 e. The number of rotatable bonds is 7. The minimum Gasteiger partial charge on any atom is -0.453 e. The van der Waals surface area contributed by atoms with E-state index >= 15 is 0 Å². The molecular formula is C18H15ClN2O4S. The SMILES string of the molecule is C[C@H](OC(=O)CCC(=O)c1ccc(Cl)s1)C(=O)Nc1ccccc1C#N. The summed E-state index contributed by atoms with van der Waals surface area (Å²) in [5.41, 5.74) is 0.646. The van der Waals surface area contributed by atoms with Gasteiger partial charge in [-0.2, -0.15) is 5.26 Å². The van der Waals surface area contributed by atoms with Gasteiger partial charge in [0.15, 0.2) is 11.9 Å². The molecule has 0 unspecified atom stereocenters. The number of nitrogens with zero attached hydrogens (tertiary/aromatic N) is 1. The molecule has 2 rings (SSSR count). The molecule has 1 atom stereocenters. The number of anilines is 1. The third kappa shape index (κ3) is 5.41. The zero-order valence-corrected chi connectivity index (χ0v) is 15.4. The maximum atomic E-state index is 12.1. The van der Waals surface area contributed by atoms with Crippen LogP contribution in [-0.2, 0) is 14.3 Å². The van der Waals surface area contributed by atoms with Gasteiger partial charge in [0.05, 0.1) is 26.9 Å². The molecule has 0 aliphatic heterocycles. The van der Waals surface area contributed by atoms with Gasteiger partial charge >= 0.3 is 5.97 Å². The third-order valence-corrected chi connectivity index (χ3v) is 4.66. The van der Waals surface area contributed by atoms with Crippen molar-refractivity contribution in [2.75, 3.05) is 5.32 Å². The third-order valence-electron chi connectivity index (χ3n) is 3.39. The van der Waals surface area contributed by atoms with Gasteiger partial charge < -0.3 is 10.1 Å². The van der Waals surface area contributed by atoms with Crippen molar-refractivity contribution in [2.45, 2.75) is 25.9 Å². The predicted octanol–water partition coefficient (Wildman–Crippen LogP) is 3.81. The summed E-state index contributed by atoms with van der Waals surface area (Å²) in [4.78, 5) is 36.3. The van der Waals surface area contributed by atoms with Crippen LogP contribution in [0.25, 0.3) is 0 Å². The zero-order valence-electron chi connectivity index (χ0n) is 13.8. The Hall–Kier alpha value is -2.69. The number of esters is 1. The molecule has 0 fully saturated rings. The average Bonchev–Trinajstić information content (AvgIpc) is 3.06. The van der Waals surface area contributed by atoms with Crippen LogP contribution >= 0.6 is 22.9 Å². The molecule has 1 amide bonds. The number of hydrogen-bond acceptors (Lipinski definition) is 6. The van der Waals surface area contributed by atoms with Gasteiger partial charge in [0.25, 0.3) is 5.91 Å². The summed E-state index contributed by atoms with van der Waals surface area (Å²) in [6.07, 6.45) is -1.22. The van der Waals surface area contributed by atoms with E-state index in [0.717, 1.165) is 11.3 Å². The molecule has 0 bridgehead atoms. The minimum atomic E-state index is -1.06. The Bertz CT molecular complexity index is 872. The van der Waals surface area contributed by atoms with Crippen LogP contribution in [0.15, 0.2) is 36.4 Å². The number of thiophene rings is 1. The Balaban J connectivity index is 1.83. The molecule has 2 aromatic rings. The Kier molecular flexibility index (Phi) is 6.89. The molecule has 0 aliphatic rings. The van der Waals surface area contributed by atoms with E-state index in [4.69, 9.17) is 21.6 Å². The Morgan fingerprint density at radius 1 is 1.23 bits per heavy atom. The lowest BCUT2D eigenvalue weighted by Crippen LogP contribution is -2.30. The number of Topliss-reactive ketones (excluding diaryl/α,β-unsaturated/α-hetero) is 1. The van der Waals surface area contributed by atoms with Crippen LogP contribution in [0, 0.1) is 11.3 Å². The Labute approximate surface area is 159 Å². The minimum absolute atomic E-state index is 0.0265. The van der Waals surface area contributed by atoms with Crippen molar-refractivity contribution in [3.8, 4) is 6.07 Å². The largest absolute Gasteiger partial charge is 0.453 e. The summed E-state index contributed by atoms with van der Waals surface area (Å²) in [5.74, 6) is -1.42. The lowest BCUT2D eigenvalue weighted by Gasteiger charge is -2.14. The molecule has 6 nitrogen and oxygen atoms in total. The number of nitriles is 1. The van der Waals surface area contributed by atoms with Crippen LogP contribution in [-0.4, -0.2) is 23.8 Å². The summed E-state index contributed by atoms with van der Waals surface area (Å²) in [7, 11) is 0. The highest BCUT2D eigenvalue weighted by Crippen LogP contribution is 2.23. The first-order chi connectivity index (χ1) is 12.4. The second-order valence-corrected chi connectivity index (χ2v) is 7.02. The van der Waals surface area contributed by atoms with Crippen molar-refractivity contribution >= 4 is 46.3 Å². The highest BCUT2D eigenvalue weighted by Gasteiger charge is 2.20. The highest BCUT2D eigenvalue weighted by atomic mass is 35.5. The van der Waals surface area contributed by atoms with Crippen molar-refractivity contribution in [3.05, 3.63) is 51.2 Å². The monoisotopic (exact) mass is 390 g/mol. The number of halogens is 1. The van der Waals surface area contributed by atoms with Crippen LogP contribution in [0.3, 0.4) is 0 Å². The van der Waals surface area contributed by atoms with E-state index in [9.17, 15) is 14.4 Å². The Morgan fingerprint density at radius 3 is 2.62 bits per heavy atom. The van der Waals surface area contributed by atoms with Gasteiger partial charge in [-0.05, 0) is 31.2 Å². The molecule has 0 radical (unpaired) electrons. The second kappa shape index (κ2) is 9.13. The van der Waals surface area contributed by atoms with Crippen LogP contribution in [0.4, 0.5) is 5.69 Å². The lowest BCUT2D eigenvalue weighted by molar-refractivity contribution is -0.153. The number of ketones is 1. The van der Waals surface area contributed by atoms with Crippen molar-refractivity contribution in [1.29, 1.82) is 5.26 Å². The lowest BCUT2D eigenvalue weighted by atomic mass is 10.2. The van der Waals surface area contributed by atoms with Gasteiger partial charge in [-0.3, -0.25) is 14.4 Å². The number of carbonyl (C=O) groups is 3. The predicted molar refractivity (Wildman–Crippen MR) is 98.2 cm³/mol. The van der Waals surface area contributed by atoms with Crippen LogP contribution < -0.4 is 5.32 Å². The number of benzene rings is 1. The second-order valence-electron chi connectivity index (χ2n) is 5.31. The number of hydrogen-bond donors (Lipinski definition) is 1. The maximum Gasteiger partial charge on any atom is 0.307 e. The maximum absolute atomic E-state index is 12.1. The number of para-hydroxylation sites is 1. The molecule has 0 spiro atoms. The van der Waals surface area contributed by atoms with Gasteiger partial charge in [-0.15, -0.1) is 11.3 Å². The quantitative estimate of drug-likeness (QED) is 0.572. The average molecular weight is 391 g/mol. The molecule has 1 heterocycles. The summed E-state index contributed by atoms with van der Waals surface area (Å²) >= 11 is 6.91. The van der Waals surface area contributed by atoms with Crippen molar-refractivity contribution in [3.63, 3.8) is 0 Å². The molecule has 0 aliphatic carbocycles. The molecule has 8 heteroatoms. The number of carbonyl (C=O) groups excluding carboxylic acids is 3. The number of ether oxygens (including phenoxy) is 1. The first-order valence-corrected chi connectivity index (χ1v) is 8.88. The summed E-state index contributed by atoms with van der Waals surface area (Å²) in [5, 5.41) is 11.5. The van der Waals surface area contributed by atoms with Gasteiger partial charge in [-0.1, -0.05) is 23.7 Å². The van der Waals surface area contributed by atoms with Crippen molar-refractivity contribution in [1.82, 2.24) is 0 Å². The van der Waals surface area contributed by atoms with E-state index < -0.39 is 18.0 Å². The number of nitrogens with one attached hydrogen (secondary N) is 1. The molecule has 0 saturated heterocycles. The molecule has 26 heavy (non-hydrogen) atoms. The molecule has 1 aromatic heterocycles. The van der Waals surface area contributed by atoms with Crippen molar-refractivity contribution < 1.29 is 19.1 Å². The summed E-state index contributed by atoms with van der Waals surface area (Å²) in [6.45, 7) is 1.42. The first-order valence-electron chi connectivity index (χ1n) is 7.68. The van der Waals surface area contributed by atoms with Crippen molar-refractivity contribution in [2.24, 2.45) is 0 Å². The fourth-order valence-electron chi connectivity index (χ4n) is 2.04. The molecule has 1 N–H and O–H groups in total. The number of amides is 1.